The van der Waals surface area contributed by atoms with E-state index in [-0.39, 0.29) is 5.91 Å². The number of carbonyl (C=O) groups is 1. The van der Waals surface area contributed by atoms with Gasteiger partial charge < -0.3 is 4.90 Å². The molecule has 0 saturated heterocycles. The number of hydrogen-bond acceptors (Lipinski definition) is 3. The van der Waals surface area contributed by atoms with Gasteiger partial charge in [0.15, 0.2) is 11.6 Å². The first-order valence-corrected chi connectivity index (χ1v) is 5.99. The molecule has 18 heavy (non-hydrogen) atoms. The summed E-state index contributed by atoms with van der Waals surface area (Å²) in [5.41, 5.74) is 0.751. The molecule has 0 radical (unpaired) electrons. The highest BCUT2D eigenvalue weighted by molar-refractivity contribution is 7.13. The van der Waals surface area contributed by atoms with Gasteiger partial charge in [0.05, 0.1) is 0 Å². The molecule has 0 unspecified atom stereocenters. The Bertz CT molecular complexity index is 596. The summed E-state index contributed by atoms with van der Waals surface area (Å²) in [7, 11) is 3.25. The highest BCUT2D eigenvalue weighted by Gasteiger charge is 2.14. The Morgan fingerprint density at radius 1 is 1.28 bits per heavy atom. The maximum Gasteiger partial charge on any atom is 0.272 e. The second-order valence-corrected chi connectivity index (χ2v) is 4.72. The molecule has 94 valence electrons. The largest absolute Gasteiger partial charge is 0.343 e. The van der Waals surface area contributed by atoms with Crippen molar-refractivity contribution in [2.75, 3.05) is 14.1 Å². The minimum absolute atomic E-state index is 0.222. The van der Waals surface area contributed by atoms with Gasteiger partial charge in [-0.1, -0.05) is 0 Å². The zero-order valence-electron chi connectivity index (χ0n) is 9.78. The number of hydrogen-bond donors (Lipinski definition) is 0. The molecular formula is C12H10F2N2OS. The third-order valence-electron chi connectivity index (χ3n) is 2.30. The van der Waals surface area contributed by atoms with E-state index in [0.717, 1.165) is 12.1 Å². The molecule has 1 amide bonds. The van der Waals surface area contributed by atoms with Gasteiger partial charge in [-0.05, 0) is 18.2 Å². The van der Waals surface area contributed by atoms with Crippen molar-refractivity contribution in [1.29, 1.82) is 0 Å². The number of halogens is 2. The van der Waals surface area contributed by atoms with E-state index in [2.05, 4.69) is 4.98 Å². The van der Waals surface area contributed by atoms with Crippen molar-refractivity contribution >= 4 is 17.2 Å². The molecule has 1 aromatic carbocycles. The van der Waals surface area contributed by atoms with Crippen LogP contribution in [0.5, 0.6) is 0 Å². The second kappa shape index (κ2) is 4.81. The zero-order chi connectivity index (χ0) is 13.3. The maximum absolute atomic E-state index is 13.1. The Hall–Kier alpha value is -1.82. The van der Waals surface area contributed by atoms with Gasteiger partial charge in [0.2, 0.25) is 0 Å². The molecule has 0 saturated carbocycles. The van der Waals surface area contributed by atoms with Crippen LogP contribution in [0.25, 0.3) is 10.6 Å². The van der Waals surface area contributed by atoms with E-state index in [0.29, 0.717) is 16.3 Å². The number of carbonyl (C=O) groups excluding carboxylic acids is 1. The average molecular weight is 268 g/mol. The van der Waals surface area contributed by atoms with Crippen LogP contribution in [0.2, 0.25) is 0 Å². The van der Waals surface area contributed by atoms with Gasteiger partial charge in [-0.2, -0.15) is 0 Å². The van der Waals surface area contributed by atoms with Crippen LogP contribution in [-0.4, -0.2) is 29.9 Å². The smallest absolute Gasteiger partial charge is 0.272 e. The van der Waals surface area contributed by atoms with Crippen LogP contribution >= 0.6 is 11.3 Å². The van der Waals surface area contributed by atoms with Crippen molar-refractivity contribution in [2.45, 2.75) is 0 Å². The Labute approximate surface area is 107 Å². The molecule has 2 rings (SSSR count). The summed E-state index contributed by atoms with van der Waals surface area (Å²) in [6.07, 6.45) is 0. The molecule has 0 aliphatic rings. The average Bonchev–Trinajstić information content (AvgIpc) is 2.81. The normalized spacial score (nSPS) is 10.4. The number of nitrogens with zero attached hydrogens (tertiary/aromatic N) is 2. The van der Waals surface area contributed by atoms with Crippen molar-refractivity contribution in [3.8, 4) is 10.6 Å². The number of rotatable bonds is 2. The van der Waals surface area contributed by atoms with Crippen molar-refractivity contribution in [2.24, 2.45) is 0 Å². The first-order chi connectivity index (χ1) is 8.49. The van der Waals surface area contributed by atoms with Gasteiger partial charge in [-0.3, -0.25) is 4.79 Å². The Balaban J connectivity index is 2.35. The summed E-state index contributed by atoms with van der Waals surface area (Å²) >= 11 is 1.22. The molecule has 0 fully saturated rings. The van der Waals surface area contributed by atoms with E-state index in [1.807, 2.05) is 0 Å². The van der Waals surface area contributed by atoms with Gasteiger partial charge in [0, 0.05) is 25.0 Å². The lowest BCUT2D eigenvalue weighted by Gasteiger charge is -2.06. The minimum Gasteiger partial charge on any atom is -0.343 e. The van der Waals surface area contributed by atoms with E-state index in [9.17, 15) is 13.6 Å². The van der Waals surface area contributed by atoms with Gasteiger partial charge in [-0.15, -0.1) is 11.3 Å². The first kappa shape index (κ1) is 12.6. The van der Waals surface area contributed by atoms with Crippen LogP contribution in [0.4, 0.5) is 8.78 Å². The lowest BCUT2D eigenvalue weighted by atomic mass is 10.2. The molecule has 3 nitrogen and oxygen atoms in total. The molecular weight excluding hydrogens is 258 g/mol. The molecule has 2 aromatic rings. The molecule has 1 aromatic heterocycles. The molecule has 1 heterocycles. The third-order valence-corrected chi connectivity index (χ3v) is 3.19. The molecule has 0 bridgehead atoms. The summed E-state index contributed by atoms with van der Waals surface area (Å²) in [5.74, 6) is -2.05. The first-order valence-electron chi connectivity index (χ1n) is 5.11. The maximum atomic E-state index is 13.1. The SMILES string of the molecule is CN(C)C(=O)c1csc(-c2ccc(F)c(F)c2)n1. The van der Waals surface area contributed by atoms with Crippen molar-refractivity contribution < 1.29 is 13.6 Å². The monoisotopic (exact) mass is 268 g/mol. The van der Waals surface area contributed by atoms with Crippen molar-refractivity contribution in [3.63, 3.8) is 0 Å². The van der Waals surface area contributed by atoms with Gasteiger partial charge >= 0.3 is 0 Å². The molecule has 6 heteroatoms. The van der Waals surface area contributed by atoms with Gasteiger partial charge in [0.25, 0.3) is 5.91 Å². The van der Waals surface area contributed by atoms with E-state index < -0.39 is 11.6 Å². The van der Waals surface area contributed by atoms with Crippen LogP contribution in [0.1, 0.15) is 10.5 Å². The number of benzene rings is 1. The minimum atomic E-state index is -0.928. The fraction of sp³-hybridized carbons (Fsp3) is 0.167. The van der Waals surface area contributed by atoms with E-state index in [4.69, 9.17) is 0 Å². The summed E-state index contributed by atoms with van der Waals surface area (Å²) in [6.45, 7) is 0. The summed E-state index contributed by atoms with van der Waals surface area (Å²) in [6, 6.07) is 3.54. The summed E-state index contributed by atoms with van der Waals surface area (Å²) in [5, 5.41) is 2.08. The second-order valence-electron chi connectivity index (χ2n) is 3.87. The number of thiazole rings is 1. The Kier molecular flexibility index (Phi) is 3.38. The van der Waals surface area contributed by atoms with Gasteiger partial charge in [-0.25, -0.2) is 13.8 Å². The third kappa shape index (κ3) is 2.38. The van der Waals surface area contributed by atoms with Crippen LogP contribution in [0.3, 0.4) is 0 Å². The van der Waals surface area contributed by atoms with E-state index >= 15 is 0 Å². The van der Waals surface area contributed by atoms with Gasteiger partial charge in [0.1, 0.15) is 10.7 Å². The highest BCUT2D eigenvalue weighted by atomic mass is 32.1. The molecule has 0 aliphatic heterocycles. The van der Waals surface area contributed by atoms with Crippen LogP contribution in [0, 0.1) is 11.6 Å². The Morgan fingerprint density at radius 2 is 2.00 bits per heavy atom. The van der Waals surface area contributed by atoms with Crippen molar-refractivity contribution in [1.82, 2.24) is 9.88 Å². The van der Waals surface area contributed by atoms with Crippen LogP contribution in [0.15, 0.2) is 23.6 Å². The van der Waals surface area contributed by atoms with E-state index in [1.54, 1.807) is 19.5 Å². The molecule has 0 N–H and O–H groups in total. The zero-order valence-corrected chi connectivity index (χ0v) is 10.6. The molecule has 0 atom stereocenters. The van der Waals surface area contributed by atoms with Crippen LogP contribution in [-0.2, 0) is 0 Å². The number of amides is 1. The van der Waals surface area contributed by atoms with E-state index in [1.165, 1.54) is 22.3 Å². The predicted molar refractivity (Wildman–Crippen MR) is 65.5 cm³/mol. The number of aromatic nitrogens is 1. The predicted octanol–water partition coefficient (Wildman–Crippen LogP) is 2.79. The highest BCUT2D eigenvalue weighted by Crippen LogP contribution is 2.25. The quantitative estimate of drug-likeness (QED) is 0.839. The molecule has 0 spiro atoms. The summed E-state index contributed by atoms with van der Waals surface area (Å²) in [4.78, 5) is 17.2. The summed E-state index contributed by atoms with van der Waals surface area (Å²) < 4.78 is 25.9. The fourth-order valence-corrected chi connectivity index (χ4v) is 2.15. The lowest BCUT2D eigenvalue weighted by molar-refractivity contribution is 0.0823. The fourth-order valence-electron chi connectivity index (χ4n) is 1.36. The lowest BCUT2D eigenvalue weighted by Crippen LogP contribution is -2.21. The van der Waals surface area contributed by atoms with Crippen molar-refractivity contribution in [3.05, 3.63) is 40.9 Å². The Morgan fingerprint density at radius 3 is 2.61 bits per heavy atom. The van der Waals surface area contributed by atoms with Crippen LogP contribution < -0.4 is 0 Å². The topological polar surface area (TPSA) is 33.2 Å². The molecule has 0 aliphatic carbocycles. The standard InChI is InChI=1S/C12H10F2N2OS/c1-16(2)12(17)10-6-18-11(15-10)7-3-4-8(13)9(14)5-7/h3-6H,1-2H3.